The van der Waals surface area contributed by atoms with E-state index in [1.165, 1.54) is 0 Å². The molecular weight excluding hydrogens is 186 g/mol. The zero-order valence-electron chi connectivity index (χ0n) is 8.41. The average molecular weight is 203 g/mol. The summed E-state index contributed by atoms with van der Waals surface area (Å²) in [4.78, 5) is 12.9. The monoisotopic (exact) mass is 203 g/mol. The van der Waals surface area contributed by atoms with E-state index < -0.39 is 5.97 Å². The summed E-state index contributed by atoms with van der Waals surface area (Å²) in [5.41, 5.74) is 0.179. The van der Waals surface area contributed by atoms with Gasteiger partial charge in [0, 0.05) is 18.2 Å². The van der Waals surface area contributed by atoms with Crippen molar-refractivity contribution in [2.75, 3.05) is 18.2 Å². The van der Waals surface area contributed by atoms with Crippen molar-refractivity contribution in [3.05, 3.63) is 0 Å². The van der Waals surface area contributed by atoms with Crippen LogP contribution in [0.1, 0.15) is 20.8 Å². The molecule has 0 amide bonds. The van der Waals surface area contributed by atoms with Gasteiger partial charge in [0.05, 0.1) is 0 Å². The maximum absolute atomic E-state index is 10.8. The molecule has 1 unspecified atom stereocenters. The van der Waals surface area contributed by atoms with E-state index in [4.69, 9.17) is 5.11 Å². The fraction of sp³-hybridized carbons (Fsp3) is 0.889. The highest BCUT2D eigenvalue weighted by Crippen LogP contribution is 2.25. The number of nitrogens with zero attached hydrogens (tertiary/aromatic N) is 1. The maximum Gasteiger partial charge on any atom is 0.321 e. The van der Waals surface area contributed by atoms with Crippen LogP contribution in [-0.4, -0.2) is 40.2 Å². The molecule has 1 N–H and O–H groups in total. The van der Waals surface area contributed by atoms with Gasteiger partial charge < -0.3 is 5.11 Å². The predicted octanol–water partition coefficient (Wildman–Crippen LogP) is 1.49. The minimum Gasteiger partial charge on any atom is -0.480 e. The lowest BCUT2D eigenvalue weighted by Gasteiger charge is -2.28. The van der Waals surface area contributed by atoms with E-state index in [2.05, 4.69) is 20.8 Å². The smallest absolute Gasteiger partial charge is 0.321 e. The number of hydrogen-bond donors (Lipinski definition) is 1. The Bertz CT molecular complexity index is 200. The summed E-state index contributed by atoms with van der Waals surface area (Å²) in [6.45, 7) is 7.26. The maximum atomic E-state index is 10.8. The molecule has 1 saturated heterocycles. The van der Waals surface area contributed by atoms with Crippen molar-refractivity contribution >= 4 is 17.7 Å². The van der Waals surface area contributed by atoms with Crippen LogP contribution in [-0.2, 0) is 4.79 Å². The topological polar surface area (TPSA) is 40.5 Å². The van der Waals surface area contributed by atoms with E-state index in [0.29, 0.717) is 0 Å². The summed E-state index contributed by atoms with van der Waals surface area (Å²) >= 11 is 1.70. The number of carbonyl (C=O) groups is 1. The molecule has 3 nitrogen and oxygen atoms in total. The van der Waals surface area contributed by atoms with Crippen molar-refractivity contribution in [2.45, 2.75) is 26.8 Å². The Balaban J connectivity index is 2.54. The van der Waals surface area contributed by atoms with Gasteiger partial charge in [-0.15, -0.1) is 11.8 Å². The molecule has 0 aromatic rings. The van der Waals surface area contributed by atoms with E-state index >= 15 is 0 Å². The number of carboxylic acid groups (broad SMARTS) is 1. The lowest BCUT2D eigenvalue weighted by atomic mass is 9.96. The van der Waals surface area contributed by atoms with E-state index in [1.807, 2.05) is 4.90 Å². The molecule has 0 aromatic heterocycles. The third-order valence-electron chi connectivity index (χ3n) is 1.94. The summed E-state index contributed by atoms with van der Waals surface area (Å²) in [6.07, 6.45) is 0. The summed E-state index contributed by atoms with van der Waals surface area (Å²) in [5.74, 6) is 0.897. The quantitative estimate of drug-likeness (QED) is 0.738. The highest BCUT2D eigenvalue weighted by molar-refractivity contribution is 7.99. The highest BCUT2D eigenvalue weighted by atomic mass is 32.2. The van der Waals surface area contributed by atoms with Crippen LogP contribution in [0.3, 0.4) is 0 Å². The van der Waals surface area contributed by atoms with Gasteiger partial charge in [-0.25, -0.2) is 0 Å². The summed E-state index contributed by atoms with van der Waals surface area (Å²) < 4.78 is 0. The van der Waals surface area contributed by atoms with Crippen molar-refractivity contribution in [1.82, 2.24) is 4.90 Å². The molecule has 1 aliphatic heterocycles. The van der Waals surface area contributed by atoms with Crippen molar-refractivity contribution < 1.29 is 9.90 Å². The average Bonchev–Trinajstić information content (AvgIpc) is 2.31. The minimum absolute atomic E-state index is 0.179. The van der Waals surface area contributed by atoms with Crippen LogP contribution < -0.4 is 0 Å². The molecule has 1 heterocycles. The molecular formula is C9H17NO2S. The number of carboxylic acids is 1. The standard InChI is InChI=1S/C9H17NO2S/c1-9(2,3)5-10-6-13-4-7(10)8(11)12/h7H,4-6H2,1-3H3,(H,11,12). The molecule has 13 heavy (non-hydrogen) atoms. The van der Waals surface area contributed by atoms with Gasteiger partial charge in [0.15, 0.2) is 0 Å². The highest BCUT2D eigenvalue weighted by Gasteiger charge is 2.33. The first-order chi connectivity index (χ1) is 5.90. The number of rotatable bonds is 2. The van der Waals surface area contributed by atoms with Crippen molar-refractivity contribution in [2.24, 2.45) is 5.41 Å². The Labute approximate surface area is 83.5 Å². The number of hydrogen-bond acceptors (Lipinski definition) is 3. The van der Waals surface area contributed by atoms with Gasteiger partial charge in [0.25, 0.3) is 0 Å². The normalized spacial score (nSPS) is 25.0. The van der Waals surface area contributed by atoms with E-state index in [0.717, 1.165) is 18.2 Å². The van der Waals surface area contributed by atoms with Crippen LogP contribution in [0.25, 0.3) is 0 Å². The van der Waals surface area contributed by atoms with Gasteiger partial charge in [-0.05, 0) is 5.41 Å². The van der Waals surface area contributed by atoms with Crippen LogP contribution in [0, 0.1) is 5.41 Å². The molecule has 0 spiro atoms. The first-order valence-electron chi connectivity index (χ1n) is 4.45. The Kier molecular flexibility index (Phi) is 3.24. The van der Waals surface area contributed by atoms with Crippen LogP contribution in [0.2, 0.25) is 0 Å². The van der Waals surface area contributed by atoms with Gasteiger partial charge in [-0.2, -0.15) is 0 Å². The van der Waals surface area contributed by atoms with Crippen LogP contribution in [0.5, 0.6) is 0 Å². The van der Waals surface area contributed by atoms with Crippen LogP contribution in [0.15, 0.2) is 0 Å². The molecule has 76 valence electrons. The second kappa shape index (κ2) is 3.88. The Morgan fingerprint density at radius 3 is 2.69 bits per heavy atom. The van der Waals surface area contributed by atoms with E-state index in [9.17, 15) is 4.79 Å². The second-order valence-corrected chi connectivity index (χ2v) is 5.66. The molecule has 1 aliphatic rings. The van der Waals surface area contributed by atoms with Crippen LogP contribution >= 0.6 is 11.8 Å². The third kappa shape index (κ3) is 3.19. The zero-order valence-corrected chi connectivity index (χ0v) is 9.23. The van der Waals surface area contributed by atoms with Crippen molar-refractivity contribution in [1.29, 1.82) is 0 Å². The molecule has 1 rings (SSSR count). The first kappa shape index (κ1) is 10.9. The van der Waals surface area contributed by atoms with Crippen LogP contribution in [0.4, 0.5) is 0 Å². The van der Waals surface area contributed by atoms with E-state index in [1.54, 1.807) is 11.8 Å². The number of thioether (sulfide) groups is 1. The largest absolute Gasteiger partial charge is 0.480 e. The molecule has 0 radical (unpaired) electrons. The molecule has 1 fully saturated rings. The fourth-order valence-electron chi connectivity index (χ4n) is 1.47. The zero-order chi connectivity index (χ0) is 10.1. The lowest BCUT2D eigenvalue weighted by molar-refractivity contribution is -0.142. The molecule has 0 aromatic carbocycles. The molecule has 0 bridgehead atoms. The predicted molar refractivity (Wildman–Crippen MR) is 54.9 cm³/mol. The van der Waals surface area contributed by atoms with Gasteiger partial charge in [0.1, 0.15) is 6.04 Å². The first-order valence-corrected chi connectivity index (χ1v) is 5.60. The van der Waals surface area contributed by atoms with Gasteiger partial charge in [0.2, 0.25) is 0 Å². The summed E-state index contributed by atoms with van der Waals surface area (Å²) in [7, 11) is 0. The third-order valence-corrected chi connectivity index (χ3v) is 3.00. The van der Waals surface area contributed by atoms with Gasteiger partial charge >= 0.3 is 5.97 Å². The Morgan fingerprint density at radius 1 is 1.62 bits per heavy atom. The van der Waals surface area contributed by atoms with E-state index in [-0.39, 0.29) is 11.5 Å². The Morgan fingerprint density at radius 2 is 2.23 bits per heavy atom. The molecule has 1 atom stereocenters. The van der Waals surface area contributed by atoms with Gasteiger partial charge in [-0.3, -0.25) is 9.69 Å². The molecule has 4 heteroatoms. The van der Waals surface area contributed by atoms with Crippen molar-refractivity contribution in [3.63, 3.8) is 0 Å². The minimum atomic E-state index is -0.686. The molecule has 0 saturated carbocycles. The summed E-state index contributed by atoms with van der Waals surface area (Å²) in [5, 5.41) is 8.93. The van der Waals surface area contributed by atoms with Crippen molar-refractivity contribution in [3.8, 4) is 0 Å². The number of aliphatic carboxylic acids is 1. The Hall–Kier alpha value is -0.220. The summed E-state index contributed by atoms with van der Waals surface area (Å²) in [6, 6.07) is -0.274. The SMILES string of the molecule is CC(C)(C)CN1CSCC1C(=O)O. The van der Waals surface area contributed by atoms with Gasteiger partial charge in [-0.1, -0.05) is 20.8 Å². The molecule has 0 aliphatic carbocycles. The second-order valence-electron chi connectivity index (χ2n) is 4.66. The fourth-order valence-corrected chi connectivity index (χ4v) is 2.66. The lowest BCUT2D eigenvalue weighted by Crippen LogP contribution is -2.42.